The lowest BCUT2D eigenvalue weighted by molar-refractivity contribution is -0.155. The molecule has 0 amide bonds. The molecule has 1 aliphatic heterocycles. The van der Waals surface area contributed by atoms with Crippen molar-refractivity contribution in [2.75, 3.05) is 0 Å². The summed E-state index contributed by atoms with van der Waals surface area (Å²) in [5, 5.41) is 27.5. The van der Waals surface area contributed by atoms with Crippen LogP contribution in [0.1, 0.15) is 29.0 Å². The topological polar surface area (TPSA) is 112 Å². The first-order valence-electron chi connectivity index (χ1n) is 6.67. The van der Waals surface area contributed by atoms with Crippen molar-refractivity contribution in [2.45, 2.75) is 26.2 Å². The first kappa shape index (κ1) is 15.6. The number of rotatable bonds is 5. The molecule has 22 heavy (non-hydrogen) atoms. The molecule has 1 aliphatic carbocycles. The maximum absolute atomic E-state index is 11.4. The Morgan fingerprint density at radius 3 is 2.41 bits per heavy atom. The van der Waals surface area contributed by atoms with E-state index in [1.54, 1.807) is 13.0 Å². The van der Waals surface area contributed by atoms with E-state index in [2.05, 4.69) is 0 Å². The summed E-state index contributed by atoms with van der Waals surface area (Å²) in [6.07, 6.45) is 2.77. The minimum Gasteiger partial charge on any atom is -0.481 e. The molecule has 0 saturated carbocycles. The van der Waals surface area contributed by atoms with Gasteiger partial charge in [-0.3, -0.25) is 9.59 Å². The SMILES string of the molecule is Cc1c2ccocc-2c(C(CC#N)C(C(=O)O)C(=O)O)c1C. The average molecular weight is 301 g/mol. The summed E-state index contributed by atoms with van der Waals surface area (Å²) in [4.78, 5) is 22.7. The second-order valence-corrected chi connectivity index (χ2v) is 5.17. The molecule has 2 N–H and O–H groups in total. The van der Waals surface area contributed by atoms with E-state index in [1.165, 1.54) is 12.5 Å². The smallest absolute Gasteiger partial charge is 0.318 e. The number of carbonyl (C=O) groups is 2. The predicted octanol–water partition coefficient (Wildman–Crippen LogP) is 2.78. The van der Waals surface area contributed by atoms with Gasteiger partial charge in [0.05, 0.1) is 18.6 Å². The molecule has 114 valence electrons. The molecule has 6 heteroatoms. The van der Waals surface area contributed by atoms with E-state index >= 15 is 0 Å². The molecule has 2 rings (SSSR count). The number of hydrogen-bond donors (Lipinski definition) is 2. The molecule has 0 spiro atoms. The summed E-state index contributed by atoms with van der Waals surface area (Å²) in [6.45, 7) is 3.68. The zero-order chi connectivity index (χ0) is 16.4. The first-order valence-corrected chi connectivity index (χ1v) is 6.67. The summed E-state index contributed by atoms with van der Waals surface area (Å²) in [6, 6.07) is 3.65. The van der Waals surface area contributed by atoms with E-state index in [0.29, 0.717) is 11.1 Å². The van der Waals surface area contributed by atoms with Gasteiger partial charge < -0.3 is 14.6 Å². The molecular formula is C16H15NO5. The fraction of sp³-hybridized carbons (Fsp3) is 0.312. The van der Waals surface area contributed by atoms with E-state index in [-0.39, 0.29) is 6.42 Å². The standard InChI is InChI=1S/C16H15NO5/c1-8-9(2)13(12-7-22-6-4-10(8)12)11(3-5-17)14(15(18)19)16(20)21/h4,6-7,11,14H,3H2,1-2H3,(H,18,19)(H,20,21). The third-order valence-electron chi connectivity index (χ3n) is 4.07. The van der Waals surface area contributed by atoms with Crippen molar-refractivity contribution >= 4 is 11.9 Å². The predicted molar refractivity (Wildman–Crippen MR) is 76.5 cm³/mol. The van der Waals surface area contributed by atoms with Gasteiger partial charge in [0, 0.05) is 17.9 Å². The van der Waals surface area contributed by atoms with E-state index in [0.717, 1.165) is 16.7 Å². The van der Waals surface area contributed by atoms with Crippen molar-refractivity contribution in [3.05, 3.63) is 35.3 Å². The molecule has 0 saturated heterocycles. The molecule has 1 unspecified atom stereocenters. The lowest BCUT2D eigenvalue weighted by atomic mass is 9.81. The van der Waals surface area contributed by atoms with Crippen LogP contribution in [-0.2, 0) is 9.59 Å². The zero-order valence-corrected chi connectivity index (χ0v) is 12.2. The van der Waals surface area contributed by atoms with Gasteiger partial charge in [-0.2, -0.15) is 5.26 Å². The zero-order valence-electron chi connectivity index (χ0n) is 12.2. The molecular weight excluding hydrogens is 286 g/mol. The van der Waals surface area contributed by atoms with Gasteiger partial charge in [-0.05, 0) is 42.2 Å². The van der Waals surface area contributed by atoms with Crippen molar-refractivity contribution in [3.8, 4) is 17.2 Å². The minimum absolute atomic E-state index is 0.197. The van der Waals surface area contributed by atoms with Gasteiger partial charge >= 0.3 is 11.9 Å². The van der Waals surface area contributed by atoms with Crippen LogP contribution in [0.4, 0.5) is 0 Å². The summed E-state index contributed by atoms with van der Waals surface area (Å²) < 4.78 is 5.15. The van der Waals surface area contributed by atoms with E-state index in [4.69, 9.17) is 9.68 Å². The summed E-state index contributed by atoms with van der Waals surface area (Å²) >= 11 is 0. The van der Waals surface area contributed by atoms with Crippen LogP contribution in [-0.4, -0.2) is 22.2 Å². The second-order valence-electron chi connectivity index (χ2n) is 5.17. The van der Waals surface area contributed by atoms with Gasteiger partial charge in [-0.25, -0.2) is 0 Å². The van der Waals surface area contributed by atoms with Crippen LogP contribution in [0.15, 0.2) is 23.0 Å². The highest BCUT2D eigenvalue weighted by Gasteiger charge is 2.39. The first-order chi connectivity index (χ1) is 10.4. The van der Waals surface area contributed by atoms with Crippen LogP contribution in [0.25, 0.3) is 11.1 Å². The molecule has 2 aliphatic rings. The molecule has 0 aromatic rings. The van der Waals surface area contributed by atoms with Crippen molar-refractivity contribution in [1.82, 2.24) is 0 Å². The van der Waals surface area contributed by atoms with Crippen LogP contribution in [0.3, 0.4) is 0 Å². The molecule has 6 nitrogen and oxygen atoms in total. The Morgan fingerprint density at radius 1 is 1.23 bits per heavy atom. The van der Waals surface area contributed by atoms with Crippen LogP contribution >= 0.6 is 0 Å². The average Bonchev–Trinajstić information content (AvgIpc) is 2.70. The lowest BCUT2D eigenvalue weighted by Crippen LogP contribution is -2.30. The van der Waals surface area contributed by atoms with E-state index < -0.39 is 23.8 Å². The Morgan fingerprint density at radius 2 is 1.86 bits per heavy atom. The Hall–Kier alpha value is -2.81. The number of nitriles is 1. The molecule has 0 aromatic heterocycles. The van der Waals surface area contributed by atoms with Gasteiger partial charge in [0.15, 0.2) is 5.92 Å². The van der Waals surface area contributed by atoms with Gasteiger partial charge in [-0.1, -0.05) is 0 Å². The highest BCUT2D eigenvalue weighted by molar-refractivity contribution is 5.95. The summed E-state index contributed by atoms with van der Waals surface area (Å²) in [5.41, 5.74) is 3.82. The third kappa shape index (κ3) is 2.42. The van der Waals surface area contributed by atoms with Gasteiger partial charge in [0.25, 0.3) is 0 Å². The maximum Gasteiger partial charge on any atom is 0.318 e. The monoisotopic (exact) mass is 301 g/mol. The highest BCUT2D eigenvalue weighted by atomic mass is 16.4. The fourth-order valence-corrected chi connectivity index (χ4v) is 2.92. The molecule has 0 aromatic carbocycles. The Kier molecular flexibility index (Phi) is 4.18. The van der Waals surface area contributed by atoms with E-state index in [9.17, 15) is 19.8 Å². The number of fused-ring (bicyclic) bond motifs is 1. The molecule has 0 fully saturated rings. The highest BCUT2D eigenvalue weighted by Crippen LogP contribution is 2.43. The normalized spacial score (nSPS) is 12.3. The number of carboxylic acids is 2. The minimum atomic E-state index is -1.68. The van der Waals surface area contributed by atoms with Gasteiger partial charge in [0.2, 0.25) is 0 Å². The number of nitrogens with zero attached hydrogens (tertiary/aromatic N) is 1. The number of hydrogen-bond acceptors (Lipinski definition) is 4. The van der Waals surface area contributed by atoms with Crippen LogP contribution < -0.4 is 0 Å². The Bertz CT molecular complexity index is 726. The van der Waals surface area contributed by atoms with Crippen LogP contribution in [0.5, 0.6) is 0 Å². The van der Waals surface area contributed by atoms with Gasteiger partial charge in [0.1, 0.15) is 0 Å². The van der Waals surface area contributed by atoms with E-state index in [1.807, 2.05) is 13.0 Å². The third-order valence-corrected chi connectivity index (χ3v) is 4.07. The molecule has 0 radical (unpaired) electrons. The number of carboxylic acid groups (broad SMARTS) is 2. The number of aliphatic carboxylic acids is 2. The molecule has 1 atom stereocenters. The molecule has 0 bridgehead atoms. The fourth-order valence-electron chi connectivity index (χ4n) is 2.92. The van der Waals surface area contributed by atoms with Gasteiger partial charge in [-0.15, -0.1) is 0 Å². The van der Waals surface area contributed by atoms with Crippen molar-refractivity contribution in [2.24, 2.45) is 5.92 Å². The maximum atomic E-state index is 11.4. The Balaban J connectivity index is 2.69. The van der Waals surface area contributed by atoms with Crippen LogP contribution in [0.2, 0.25) is 0 Å². The Labute approximate surface area is 126 Å². The van der Waals surface area contributed by atoms with Crippen molar-refractivity contribution in [1.29, 1.82) is 5.26 Å². The second kappa shape index (κ2) is 5.90. The lowest BCUT2D eigenvalue weighted by Gasteiger charge is -2.20. The molecule has 1 heterocycles. The van der Waals surface area contributed by atoms with Crippen molar-refractivity contribution in [3.63, 3.8) is 0 Å². The summed E-state index contributed by atoms with van der Waals surface area (Å²) in [7, 11) is 0. The van der Waals surface area contributed by atoms with Crippen LogP contribution in [0, 0.1) is 31.1 Å². The quantitative estimate of drug-likeness (QED) is 0.821. The largest absolute Gasteiger partial charge is 0.481 e. The van der Waals surface area contributed by atoms with Crippen molar-refractivity contribution < 1.29 is 24.2 Å². The summed E-state index contributed by atoms with van der Waals surface area (Å²) in [5.74, 6) is -5.52.